The van der Waals surface area contributed by atoms with Crippen LogP contribution < -0.4 is 0 Å². The minimum absolute atomic E-state index is 0.729. The van der Waals surface area contributed by atoms with E-state index in [1.807, 2.05) is 40.9 Å². The number of halogens is 1. The molecule has 0 saturated heterocycles. The van der Waals surface area contributed by atoms with Crippen molar-refractivity contribution in [3.63, 3.8) is 0 Å². The predicted octanol–water partition coefficient (Wildman–Crippen LogP) is 3.85. The standard InChI is InChI=1S/C16H18ClN5S/c1-3-21(4-2)11-14-18-19-16-22(14)20-15(23-16)9-8-12-6-5-7-13(17)10-12/h5-10H,3-4,11H2,1-2H3/b9-8+. The van der Waals surface area contributed by atoms with Crippen LogP contribution in [0, 0.1) is 0 Å². The Balaban J connectivity index is 1.82. The molecule has 3 aromatic rings. The second-order valence-electron chi connectivity index (χ2n) is 5.10. The number of nitrogens with zero attached hydrogens (tertiary/aromatic N) is 5. The molecule has 7 heteroatoms. The van der Waals surface area contributed by atoms with Crippen LogP contribution in [0.2, 0.25) is 5.02 Å². The van der Waals surface area contributed by atoms with Crippen LogP contribution in [0.15, 0.2) is 24.3 Å². The Morgan fingerprint density at radius 1 is 1.22 bits per heavy atom. The van der Waals surface area contributed by atoms with Gasteiger partial charge in [-0.15, -0.1) is 10.2 Å². The Hall–Kier alpha value is -1.76. The van der Waals surface area contributed by atoms with Crippen molar-refractivity contribution in [1.82, 2.24) is 24.7 Å². The molecule has 2 heterocycles. The van der Waals surface area contributed by atoms with Crippen LogP contribution in [0.1, 0.15) is 30.2 Å². The maximum atomic E-state index is 6.00. The third-order valence-corrected chi connectivity index (χ3v) is 4.70. The zero-order chi connectivity index (χ0) is 16.2. The molecule has 0 fully saturated rings. The summed E-state index contributed by atoms with van der Waals surface area (Å²) < 4.78 is 1.83. The Kier molecular flexibility index (Phi) is 5.05. The summed E-state index contributed by atoms with van der Waals surface area (Å²) in [5, 5.41) is 14.7. The van der Waals surface area contributed by atoms with Gasteiger partial charge in [0.25, 0.3) is 0 Å². The van der Waals surface area contributed by atoms with Gasteiger partial charge in [0.05, 0.1) is 6.54 Å². The Morgan fingerprint density at radius 2 is 2.04 bits per heavy atom. The van der Waals surface area contributed by atoms with Crippen LogP contribution in [0.3, 0.4) is 0 Å². The van der Waals surface area contributed by atoms with E-state index < -0.39 is 0 Å². The highest BCUT2D eigenvalue weighted by molar-refractivity contribution is 7.17. The third kappa shape index (κ3) is 3.77. The lowest BCUT2D eigenvalue weighted by Gasteiger charge is -2.15. The Bertz CT molecular complexity index is 819. The molecule has 120 valence electrons. The van der Waals surface area contributed by atoms with Crippen LogP contribution in [-0.4, -0.2) is 37.8 Å². The molecule has 0 N–H and O–H groups in total. The highest BCUT2D eigenvalue weighted by Gasteiger charge is 2.12. The molecule has 23 heavy (non-hydrogen) atoms. The summed E-state index contributed by atoms with van der Waals surface area (Å²) in [6, 6.07) is 7.73. The van der Waals surface area contributed by atoms with Crippen molar-refractivity contribution in [2.45, 2.75) is 20.4 Å². The van der Waals surface area contributed by atoms with Crippen molar-refractivity contribution in [2.24, 2.45) is 0 Å². The monoisotopic (exact) mass is 347 g/mol. The lowest BCUT2D eigenvalue weighted by Crippen LogP contribution is -2.23. The summed E-state index contributed by atoms with van der Waals surface area (Å²) in [5.74, 6) is 0.877. The maximum absolute atomic E-state index is 6.00. The van der Waals surface area contributed by atoms with Gasteiger partial charge in [-0.05, 0) is 36.9 Å². The SMILES string of the molecule is CCN(CC)Cc1nnc2sc(/C=C/c3cccc(Cl)c3)nn12. The molecular formula is C16H18ClN5S. The van der Waals surface area contributed by atoms with Crippen LogP contribution >= 0.6 is 22.9 Å². The number of hydrogen-bond donors (Lipinski definition) is 0. The first kappa shape index (κ1) is 16.1. The van der Waals surface area contributed by atoms with E-state index in [0.717, 1.165) is 46.0 Å². The normalized spacial score (nSPS) is 12.0. The smallest absolute Gasteiger partial charge is 0.235 e. The topological polar surface area (TPSA) is 46.3 Å². The summed E-state index contributed by atoms with van der Waals surface area (Å²) in [6.45, 7) is 7.01. The first-order valence-electron chi connectivity index (χ1n) is 7.56. The Morgan fingerprint density at radius 3 is 2.78 bits per heavy atom. The fraction of sp³-hybridized carbons (Fsp3) is 0.312. The summed E-state index contributed by atoms with van der Waals surface area (Å²) >= 11 is 7.52. The molecule has 0 aliphatic rings. The minimum atomic E-state index is 0.729. The maximum Gasteiger partial charge on any atom is 0.235 e. The average molecular weight is 348 g/mol. The summed E-state index contributed by atoms with van der Waals surface area (Å²) in [7, 11) is 0. The van der Waals surface area contributed by atoms with Crippen LogP contribution in [0.4, 0.5) is 0 Å². The number of fused-ring (bicyclic) bond motifs is 1. The van der Waals surface area contributed by atoms with Crippen LogP contribution in [0.25, 0.3) is 17.1 Å². The van der Waals surface area contributed by atoms with E-state index in [-0.39, 0.29) is 0 Å². The van der Waals surface area contributed by atoms with Gasteiger partial charge in [-0.1, -0.05) is 55.0 Å². The van der Waals surface area contributed by atoms with Crippen molar-refractivity contribution >= 4 is 40.1 Å². The van der Waals surface area contributed by atoms with Crippen molar-refractivity contribution in [2.75, 3.05) is 13.1 Å². The van der Waals surface area contributed by atoms with Gasteiger partial charge in [0, 0.05) is 5.02 Å². The molecule has 0 aliphatic carbocycles. The second kappa shape index (κ2) is 7.21. The molecule has 0 aliphatic heterocycles. The average Bonchev–Trinajstić information content (AvgIpc) is 3.11. The predicted molar refractivity (Wildman–Crippen MR) is 95.7 cm³/mol. The molecular weight excluding hydrogens is 330 g/mol. The van der Waals surface area contributed by atoms with Gasteiger partial charge in [-0.25, -0.2) is 0 Å². The van der Waals surface area contributed by atoms with Gasteiger partial charge in [-0.2, -0.15) is 9.61 Å². The van der Waals surface area contributed by atoms with E-state index >= 15 is 0 Å². The fourth-order valence-corrected chi connectivity index (χ4v) is 3.22. The van der Waals surface area contributed by atoms with E-state index in [0.29, 0.717) is 0 Å². The first-order chi connectivity index (χ1) is 11.2. The lowest BCUT2D eigenvalue weighted by molar-refractivity contribution is 0.286. The molecule has 0 atom stereocenters. The van der Waals surface area contributed by atoms with Crippen molar-refractivity contribution in [3.8, 4) is 0 Å². The van der Waals surface area contributed by atoms with E-state index in [1.165, 1.54) is 11.3 Å². The number of rotatable bonds is 6. The van der Waals surface area contributed by atoms with E-state index in [1.54, 1.807) is 0 Å². The van der Waals surface area contributed by atoms with Gasteiger partial charge in [0.15, 0.2) is 5.82 Å². The molecule has 1 aromatic carbocycles. The molecule has 0 radical (unpaired) electrons. The van der Waals surface area contributed by atoms with Gasteiger partial charge in [0.1, 0.15) is 5.01 Å². The zero-order valence-corrected chi connectivity index (χ0v) is 14.7. The van der Waals surface area contributed by atoms with Gasteiger partial charge < -0.3 is 0 Å². The molecule has 2 aromatic heterocycles. The van der Waals surface area contributed by atoms with E-state index in [4.69, 9.17) is 11.6 Å². The molecule has 5 nitrogen and oxygen atoms in total. The van der Waals surface area contributed by atoms with Gasteiger partial charge >= 0.3 is 0 Å². The molecule has 0 amide bonds. The number of aromatic nitrogens is 4. The lowest BCUT2D eigenvalue weighted by atomic mass is 10.2. The number of hydrogen-bond acceptors (Lipinski definition) is 5. The summed E-state index contributed by atoms with van der Waals surface area (Å²) in [4.78, 5) is 3.11. The number of benzene rings is 1. The van der Waals surface area contributed by atoms with Crippen LogP contribution in [0.5, 0.6) is 0 Å². The fourth-order valence-electron chi connectivity index (χ4n) is 2.26. The van der Waals surface area contributed by atoms with E-state index in [9.17, 15) is 0 Å². The molecule has 0 spiro atoms. The van der Waals surface area contributed by atoms with Crippen molar-refractivity contribution < 1.29 is 0 Å². The third-order valence-electron chi connectivity index (χ3n) is 3.60. The summed E-state index contributed by atoms with van der Waals surface area (Å²) in [5.41, 5.74) is 1.05. The highest BCUT2D eigenvalue weighted by atomic mass is 35.5. The molecule has 3 rings (SSSR count). The Labute approximate surface area is 144 Å². The van der Waals surface area contributed by atoms with Gasteiger partial charge in [0.2, 0.25) is 4.96 Å². The quantitative estimate of drug-likeness (QED) is 0.679. The minimum Gasteiger partial charge on any atom is -0.296 e. The summed E-state index contributed by atoms with van der Waals surface area (Å²) in [6.07, 6.45) is 3.98. The van der Waals surface area contributed by atoms with Crippen LogP contribution in [-0.2, 0) is 6.54 Å². The second-order valence-corrected chi connectivity index (χ2v) is 6.52. The molecule has 0 saturated carbocycles. The molecule has 0 unspecified atom stereocenters. The zero-order valence-electron chi connectivity index (χ0n) is 13.1. The van der Waals surface area contributed by atoms with Gasteiger partial charge in [-0.3, -0.25) is 4.90 Å². The largest absolute Gasteiger partial charge is 0.296 e. The first-order valence-corrected chi connectivity index (χ1v) is 8.76. The van der Waals surface area contributed by atoms with E-state index in [2.05, 4.69) is 34.0 Å². The van der Waals surface area contributed by atoms with Crippen molar-refractivity contribution in [1.29, 1.82) is 0 Å². The highest BCUT2D eigenvalue weighted by Crippen LogP contribution is 2.18. The van der Waals surface area contributed by atoms with Crippen molar-refractivity contribution in [3.05, 3.63) is 45.7 Å². The molecule has 0 bridgehead atoms.